The second kappa shape index (κ2) is 10.5. The molecule has 0 bridgehead atoms. The van der Waals surface area contributed by atoms with Crippen LogP contribution < -0.4 is 10.2 Å². The number of nitrogens with one attached hydrogen (secondary N) is 2. The van der Waals surface area contributed by atoms with E-state index in [4.69, 9.17) is 27.9 Å². The largest absolute Gasteiger partial charge is 0.370 e. The van der Waals surface area contributed by atoms with Gasteiger partial charge in [0.1, 0.15) is 22.3 Å². The zero-order chi connectivity index (χ0) is 25.2. The van der Waals surface area contributed by atoms with Crippen molar-refractivity contribution < 1.29 is 22.7 Å². The summed E-state index contributed by atoms with van der Waals surface area (Å²) in [4.78, 5) is 34.2. The highest BCUT2D eigenvalue weighted by Crippen LogP contribution is 2.31. The van der Waals surface area contributed by atoms with Crippen molar-refractivity contribution in [3.63, 3.8) is 0 Å². The number of carbonyl (C=O) groups is 2. The summed E-state index contributed by atoms with van der Waals surface area (Å²) in [5.74, 6) is -0.544. The third kappa shape index (κ3) is 6.52. The maximum atomic E-state index is 12.9. The van der Waals surface area contributed by atoms with Crippen LogP contribution in [0, 0.1) is 0 Å². The van der Waals surface area contributed by atoms with Crippen molar-refractivity contribution in [2.24, 2.45) is 0 Å². The van der Waals surface area contributed by atoms with Crippen LogP contribution in [0.5, 0.6) is 0 Å². The molecule has 12 heteroatoms. The summed E-state index contributed by atoms with van der Waals surface area (Å²) in [6.45, 7) is 0.816. The van der Waals surface area contributed by atoms with E-state index in [1.54, 1.807) is 41.3 Å². The highest BCUT2D eigenvalue weighted by molar-refractivity contribution is 7.90. The van der Waals surface area contributed by atoms with Gasteiger partial charge < -0.3 is 19.9 Å². The van der Waals surface area contributed by atoms with Crippen LogP contribution in [0.1, 0.15) is 24.6 Å². The molecule has 35 heavy (non-hydrogen) atoms. The summed E-state index contributed by atoms with van der Waals surface area (Å²) < 4.78 is 28.7. The lowest BCUT2D eigenvalue weighted by molar-refractivity contribution is -0.125. The lowest BCUT2D eigenvalue weighted by atomic mass is 10.0. The van der Waals surface area contributed by atoms with Crippen LogP contribution in [0.4, 0.5) is 11.4 Å². The summed E-state index contributed by atoms with van der Waals surface area (Å²) >= 11 is 12.4. The first kappa shape index (κ1) is 25.4. The molecule has 1 fully saturated rings. The number of morpholine rings is 1. The molecule has 2 aromatic carbocycles. The van der Waals surface area contributed by atoms with Gasteiger partial charge in [0.25, 0.3) is 5.91 Å². The van der Waals surface area contributed by atoms with E-state index in [9.17, 15) is 18.0 Å². The standard InChI is InChI=1S/C23H24Cl2N4O5S/c1-35(32,33)9-6-14(23-27-18-4-2-15(24)11-19(18)28-23)10-21(30)26-16-3-5-20(17(25)12-16)29-7-8-34-13-22(29)31/h2-5,11-12,14H,6-10,13H2,1H3,(H,26,30)(H,27,28). The first-order chi connectivity index (χ1) is 16.6. The van der Waals surface area contributed by atoms with Gasteiger partial charge in [0.2, 0.25) is 5.91 Å². The van der Waals surface area contributed by atoms with Gasteiger partial charge in [0.05, 0.1) is 34.1 Å². The lowest BCUT2D eigenvalue weighted by Gasteiger charge is -2.27. The molecule has 1 aromatic heterocycles. The number of H-pyrrole nitrogens is 1. The summed E-state index contributed by atoms with van der Waals surface area (Å²) in [5.41, 5.74) is 2.39. The number of anilines is 2. The Morgan fingerprint density at radius 2 is 2.06 bits per heavy atom. The van der Waals surface area contributed by atoms with Gasteiger partial charge in [-0.25, -0.2) is 13.4 Å². The quantitative estimate of drug-likeness (QED) is 0.450. The Morgan fingerprint density at radius 3 is 2.77 bits per heavy atom. The van der Waals surface area contributed by atoms with Crippen molar-refractivity contribution in [2.45, 2.75) is 18.8 Å². The Bertz CT molecular complexity index is 1380. The van der Waals surface area contributed by atoms with Gasteiger partial charge in [0, 0.05) is 35.8 Å². The number of hydrogen-bond acceptors (Lipinski definition) is 6. The lowest BCUT2D eigenvalue weighted by Crippen LogP contribution is -2.41. The van der Waals surface area contributed by atoms with Crippen LogP contribution in [-0.4, -0.2) is 62.0 Å². The zero-order valence-electron chi connectivity index (χ0n) is 18.9. The molecule has 0 radical (unpaired) electrons. The van der Waals surface area contributed by atoms with E-state index in [-0.39, 0.29) is 37.0 Å². The van der Waals surface area contributed by atoms with Crippen molar-refractivity contribution in [1.82, 2.24) is 9.97 Å². The SMILES string of the molecule is CS(=O)(=O)CCC(CC(=O)Nc1ccc(N2CCOCC2=O)c(Cl)c1)c1nc2ccc(Cl)cc2[nH]1. The van der Waals surface area contributed by atoms with Crippen LogP contribution in [-0.2, 0) is 24.2 Å². The minimum atomic E-state index is -3.24. The van der Waals surface area contributed by atoms with Crippen LogP contribution >= 0.6 is 23.2 Å². The molecule has 0 aliphatic carbocycles. The van der Waals surface area contributed by atoms with Gasteiger partial charge in [-0.1, -0.05) is 23.2 Å². The number of fused-ring (bicyclic) bond motifs is 1. The average Bonchev–Trinajstić information content (AvgIpc) is 3.20. The highest BCUT2D eigenvalue weighted by Gasteiger charge is 2.24. The number of rotatable bonds is 8. The third-order valence-corrected chi connectivity index (χ3v) is 7.14. The summed E-state index contributed by atoms with van der Waals surface area (Å²) in [7, 11) is -3.24. The van der Waals surface area contributed by atoms with Crippen molar-refractivity contribution in [3.8, 4) is 0 Å². The molecular weight excluding hydrogens is 515 g/mol. The number of aromatic amines is 1. The van der Waals surface area contributed by atoms with Crippen molar-refractivity contribution in [3.05, 3.63) is 52.3 Å². The van der Waals surface area contributed by atoms with E-state index in [0.29, 0.717) is 51.4 Å². The number of sulfone groups is 1. The molecule has 1 aliphatic heterocycles. The molecule has 2 N–H and O–H groups in total. The number of nitrogens with zero attached hydrogens (tertiary/aromatic N) is 2. The Morgan fingerprint density at radius 1 is 1.26 bits per heavy atom. The number of amides is 2. The number of aromatic nitrogens is 2. The predicted molar refractivity (Wildman–Crippen MR) is 136 cm³/mol. The minimum Gasteiger partial charge on any atom is -0.370 e. The molecule has 1 unspecified atom stereocenters. The number of ether oxygens (including phenoxy) is 1. The second-order valence-corrected chi connectivity index (χ2v) is 11.5. The van der Waals surface area contributed by atoms with Crippen molar-refractivity contribution in [2.75, 3.05) is 42.0 Å². The van der Waals surface area contributed by atoms with E-state index in [0.717, 1.165) is 6.26 Å². The summed E-state index contributed by atoms with van der Waals surface area (Å²) in [5, 5.41) is 3.66. The number of hydrogen-bond donors (Lipinski definition) is 2. The number of benzene rings is 2. The molecular formula is C23H24Cl2N4O5S. The molecule has 0 saturated carbocycles. The Hall–Kier alpha value is -2.66. The van der Waals surface area contributed by atoms with Crippen LogP contribution in [0.2, 0.25) is 10.0 Å². The van der Waals surface area contributed by atoms with Gasteiger partial charge in [-0.05, 0) is 42.8 Å². The average molecular weight is 539 g/mol. The van der Waals surface area contributed by atoms with E-state index in [1.807, 2.05) is 0 Å². The fraction of sp³-hybridized carbons (Fsp3) is 0.348. The maximum absolute atomic E-state index is 12.9. The van der Waals surface area contributed by atoms with Gasteiger partial charge in [-0.15, -0.1) is 0 Å². The van der Waals surface area contributed by atoms with E-state index in [2.05, 4.69) is 15.3 Å². The summed E-state index contributed by atoms with van der Waals surface area (Å²) in [6.07, 6.45) is 1.38. The molecule has 1 saturated heterocycles. The van der Waals surface area contributed by atoms with Gasteiger partial charge in [0.15, 0.2) is 0 Å². The number of halogens is 2. The fourth-order valence-corrected chi connectivity index (χ4v) is 5.07. The molecule has 1 aliphatic rings. The van der Waals surface area contributed by atoms with Crippen molar-refractivity contribution in [1.29, 1.82) is 0 Å². The predicted octanol–water partition coefficient (Wildman–Crippen LogP) is 3.78. The van der Waals surface area contributed by atoms with Crippen LogP contribution in [0.25, 0.3) is 11.0 Å². The first-order valence-corrected chi connectivity index (χ1v) is 13.7. The van der Waals surface area contributed by atoms with Crippen LogP contribution in [0.3, 0.4) is 0 Å². The second-order valence-electron chi connectivity index (χ2n) is 8.42. The molecule has 1 atom stereocenters. The number of imidazole rings is 1. The normalized spacial score (nSPS) is 15.4. The van der Waals surface area contributed by atoms with E-state index in [1.165, 1.54) is 0 Å². The maximum Gasteiger partial charge on any atom is 0.253 e. The highest BCUT2D eigenvalue weighted by atomic mass is 35.5. The third-order valence-electron chi connectivity index (χ3n) is 5.63. The monoisotopic (exact) mass is 538 g/mol. The molecule has 186 valence electrons. The Kier molecular flexibility index (Phi) is 7.65. The molecule has 3 aromatic rings. The van der Waals surface area contributed by atoms with E-state index < -0.39 is 15.8 Å². The molecule has 2 heterocycles. The van der Waals surface area contributed by atoms with E-state index >= 15 is 0 Å². The van der Waals surface area contributed by atoms with Gasteiger partial charge in [-0.2, -0.15) is 0 Å². The van der Waals surface area contributed by atoms with Gasteiger partial charge in [-0.3, -0.25) is 9.59 Å². The molecule has 4 rings (SSSR count). The minimum absolute atomic E-state index is 0.00230. The van der Waals surface area contributed by atoms with Gasteiger partial charge >= 0.3 is 0 Å². The smallest absolute Gasteiger partial charge is 0.253 e. The molecule has 0 spiro atoms. The Labute approximate surface area is 212 Å². The van der Waals surface area contributed by atoms with Crippen LogP contribution in [0.15, 0.2) is 36.4 Å². The molecule has 9 nitrogen and oxygen atoms in total. The zero-order valence-corrected chi connectivity index (χ0v) is 21.2. The molecule has 2 amide bonds. The topological polar surface area (TPSA) is 121 Å². The number of carbonyl (C=O) groups excluding carboxylic acids is 2. The Balaban J connectivity index is 1.50. The fourth-order valence-electron chi connectivity index (χ4n) is 3.90. The first-order valence-electron chi connectivity index (χ1n) is 10.9. The van der Waals surface area contributed by atoms with Crippen molar-refractivity contribution >= 4 is 67.3 Å². The summed E-state index contributed by atoms with van der Waals surface area (Å²) in [6, 6.07) is 10.1.